The Balaban J connectivity index is 2.96. The van der Waals surface area contributed by atoms with Crippen LogP contribution in [-0.4, -0.2) is 47.3 Å². The van der Waals surface area contributed by atoms with Crippen LogP contribution in [0.1, 0.15) is 24.3 Å². The summed E-state index contributed by atoms with van der Waals surface area (Å²) in [6.45, 7) is 4.50. The Morgan fingerprint density at radius 1 is 1.55 bits per heavy atom. The number of anilines is 1. The van der Waals surface area contributed by atoms with Gasteiger partial charge < -0.3 is 14.7 Å². The summed E-state index contributed by atoms with van der Waals surface area (Å²) in [7, 11) is 1.60. The lowest BCUT2D eigenvalue weighted by molar-refractivity contribution is -0.384. The van der Waals surface area contributed by atoms with E-state index in [1.165, 1.54) is 4.90 Å². The third-order valence-electron chi connectivity index (χ3n) is 2.51. The molecule has 20 heavy (non-hydrogen) atoms. The molecule has 1 aromatic heterocycles. The molecule has 1 rings (SSSR count). The van der Waals surface area contributed by atoms with E-state index in [0.29, 0.717) is 13.2 Å². The van der Waals surface area contributed by atoms with Gasteiger partial charge in [0, 0.05) is 19.7 Å². The predicted octanol–water partition coefficient (Wildman–Crippen LogP) is 1.55. The number of likely N-dealkylation sites (N-methyl/N-ethyl adjacent to an activating group) is 1. The highest BCUT2D eigenvalue weighted by molar-refractivity contribution is 5.86. The van der Waals surface area contributed by atoms with Gasteiger partial charge in [-0.2, -0.15) is 0 Å². The van der Waals surface area contributed by atoms with Gasteiger partial charge >= 0.3 is 11.7 Å². The van der Waals surface area contributed by atoms with Crippen molar-refractivity contribution in [2.45, 2.75) is 20.0 Å². The van der Waals surface area contributed by atoms with Crippen LogP contribution >= 0.6 is 0 Å². The van der Waals surface area contributed by atoms with E-state index in [1.807, 2.05) is 13.8 Å². The molecule has 0 bridgehead atoms. The molecule has 0 saturated carbocycles. The highest BCUT2D eigenvalue weighted by Gasteiger charge is 2.21. The number of nitro groups is 1. The largest absolute Gasteiger partial charge is 0.477 e. The van der Waals surface area contributed by atoms with Crippen LogP contribution in [0.15, 0.2) is 12.1 Å². The average molecular weight is 283 g/mol. The second-order valence-corrected chi connectivity index (χ2v) is 4.44. The molecule has 0 aliphatic carbocycles. The summed E-state index contributed by atoms with van der Waals surface area (Å²) >= 11 is 0. The third-order valence-corrected chi connectivity index (χ3v) is 2.51. The molecule has 1 N–H and O–H groups in total. The standard InChI is InChI=1S/C12H17N3O5/c1-8(2)20-7-6-14(3)11-10(15(18)19)5-4-9(13-11)12(16)17/h4-5,8H,6-7H2,1-3H3,(H,16,17). The van der Waals surface area contributed by atoms with Crippen LogP contribution in [0.5, 0.6) is 0 Å². The Morgan fingerprint density at radius 3 is 2.70 bits per heavy atom. The molecule has 0 amide bonds. The van der Waals surface area contributed by atoms with Crippen molar-refractivity contribution in [1.29, 1.82) is 0 Å². The molecule has 0 aliphatic rings. The summed E-state index contributed by atoms with van der Waals surface area (Å²) in [5.74, 6) is -1.21. The first-order valence-electron chi connectivity index (χ1n) is 6.04. The van der Waals surface area contributed by atoms with Crippen LogP contribution in [0.25, 0.3) is 0 Å². The Bertz CT molecular complexity index is 504. The van der Waals surface area contributed by atoms with Crippen LogP contribution in [0.3, 0.4) is 0 Å². The first-order chi connectivity index (χ1) is 9.32. The second kappa shape index (κ2) is 6.80. The molecule has 1 heterocycles. The number of nitrogens with zero attached hydrogens (tertiary/aromatic N) is 3. The number of carbonyl (C=O) groups is 1. The van der Waals surface area contributed by atoms with Crippen LogP contribution in [0.2, 0.25) is 0 Å². The molecular formula is C12H17N3O5. The molecule has 0 saturated heterocycles. The van der Waals surface area contributed by atoms with Crippen LogP contribution in [0, 0.1) is 10.1 Å². The van der Waals surface area contributed by atoms with E-state index in [0.717, 1.165) is 12.1 Å². The van der Waals surface area contributed by atoms with E-state index >= 15 is 0 Å². The smallest absolute Gasteiger partial charge is 0.354 e. The number of hydrogen-bond acceptors (Lipinski definition) is 6. The summed E-state index contributed by atoms with van der Waals surface area (Å²) in [5.41, 5.74) is -0.468. The summed E-state index contributed by atoms with van der Waals surface area (Å²) in [4.78, 5) is 26.6. The molecule has 110 valence electrons. The zero-order valence-electron chi connectivity index (χ0n) is 11.6. The fraction of sp³-hybridized carbons (Fsp3) is 0.500. The molecule has 0 aromatic carbocycles. The highest BCUT2D eigenvalue weighted by atomic mass is 16.6. The quantitative estimate of drug-likeness (QED) is 0.597. The lowest BCUT2D eigenvalue weighted by atomic mass is 10.3. The van der Waals surface area contributed by atoms with E-state index in [2.05, 4.69) is 4.98 Å². The molecule has 0 fully saturated rings. The fourth-order valence-corrected chi connectivity index (χ4v) is 1.51. The van der Waals surface area contributed by atoms with Crippen LogP contribution < -0.4 is 4.90 Å². The topological polar surface area (TPSA) is 106 Å². The molecule has 0 radical (unpaired) electrons. The van der Waals surface area contributed by atoms with Crippen LogP contribution in [0.4, 0.5) is 11.5 Å². The molecule has 8 heteroatoms. The van der Waals surface area contributed by atoms with Crippen molar-refractivity contribution in [3.8, 4) is 0 Å². The lowest BCUT2D eigenvalue weighted by Crippen LogP contribution is -2.26. The Morgan fingerprint density at radius 2 is 2.20 bits per heavy atom. The van der Waals surface area contributed by atoms with Gasteiger partial charge in [0.15, 0.2) is 5.69 Å². The van der Waals surface area contributed by atoms with Gasteiger partial charge in [0.1, 0.15) is 0 Å². The van der Waals surface area contributed by atoms with Gasteiger partial charge in [-0.3, -0.25) is 10.1 Å². The maximum Gasteiger partial charge on any atom is 0.354 e. The van der Waals surface area contributed by atoms with Crippen molar-refractivity contribution < 1.29 is 19.6 Å². The fourth-order valence-electron chi connectivity index (χ4n) is 1.51. The van der Waals surface area contributed by atoms with Gasteiger partial charge in [-0.1, -0.05) is 0 Å². The monoisotopic (exact) mass is 283 g/mol. The number of carboxylic acid groups (broad SMARTS) is 1. The molecule has 0 spiro atoms. The Labute approximate surface area is 116 Å². The summed E-state index contributed by atoms with van der Waals surface area (Å²) in [6, 6.07) is 2.26. The van der Waals surface area contributed by atoms with Gasteiger partial charge in [-0.15, -0.1) is 0 Å². The molecule has 1 aromatic rings. The average Bonchev–Trinajstić information content (AvgIpc) is 2.37. The zero-order valence-corrected chi connectivity index (χ0v) is 11.6. The zero-order chi connectivity index (χ0) is 15.3. The number of hydrogen-bond donors (Lipinski definition) is 1. The minimum Gasteiger partial charge on any atom is -0.477 e. The second-order valence-electron chi connectivity index (χ2n) is 4.44. The first-order valence-corrected chi connectivity index (χ1v) is 6.04. The number of pyridine rings is 1. The summed E-state index contributed by atoms with van der Waals surface area (Å²) in [5, 5.41) is 19.8. The molecule has 8 nitrogen and oxygen atoms in total. The van der Waals surface area contributed by atoms with Crippen molar-refractivity contribution in [2.75, 3.05) is 25.1 Å². The predicted molar refractivity (Wildman–Crippen MR) is 72.2 cm³/mol. The van der Waals surface area contributed by atoms with E-state index in [9.17, 15) is 14.9 Å². The van der Waals surface area contributed by atoms with E-state index in [-0.39, 0.29) is 23.3 Å². The summed E-state index contributed by atoms with van der Waals surface area (Å²) in [6.07, 6.45) is 0.0525. The molecule has 0 unspecified atom stereocenters. The van der Waals surface area contributed by atoms with Gasteiger partial charge in [0.05, 0.1) is 17.6 Å². The van der Waals surface area contributed by atoms with Crippen molar-refractivity contribution >= 4 is 17.5 Å². The number of rotatable bonds is 7. The van der Waals surface area contributed by atoms with E-state index < -0.39 is 10.9 Å². The molecule has 0 atom stereocenters. The summed E-state index contributed by atoms with van der Waals surface area (Å²) < 4.78 is 5.36. The first kappa shape index (κ1) is 15.8. The van der Waals surface area contributed by atoms with Crippen molar-refractivity contribution in [2.24, 2.45) is 0 Å². The van der Waals surface area contributed by atoms with Gasteiger partial charge in [0.2, 0.25) is 5.82 Å². The minimum absolute atomic E-state index is 0.0160. The minimum atomic E-state index is -1.23. The number of aromatic carboxylic acids is 1. The lowest BCUT2D eigenvalue weighted by Gasteiger charge is -2.19. The van der Waals surface area contributed by atoms with Gasteiger partial charge in [-0.25, -0.2) is 9.78 Å². The molecular weight excluding hydrogens is 266 g/mol. The maximum absolute atomic E-state index is 10.9. The highest BCUT2D eigenvalue weighted by Crippen LogP contribution is 2.25. The normalized spacial score (nSPS) is 10.6. The van der Waals surface area contributed by atoms with E-state index in [1.54, 1.807) is 7.05 Å². The van der Waals surface area contributed by atoms with Crippen molar-refractivity contribution in [3.63, 3.8) is 0 Å². The van der Waals surface area contributed by atoms with Crippen molar-refractivity contribution in [3.05, 3.63) is 27.9 Å². The van der Waals surface area contributed by atoms with Crippen LogP contribution in [-0.2, 0) is 4.74 Å². The van der Waals surface area contributed by atoms with Gasteiger partial charge in [0.25, 0.3) is 0 Å². The number of ether oxygens (including phenoxy) is 1. The third kappa shape index (κ3) is 4.16. The maximum atomic E-state index is 10.9. The molecule has 0 aliphatic heterocycles. The van der Waals surface area contributed by atoms with E-state index in [4.69, 9.17) is 9.84 Å². The van der Waals surface area contributed by atoms with Gasteiger partial charge in [-0.05, 0) is 19.9 Å². The number of aromatic nitrogens is 1. The Kier molecular flexibility index (Phi) is 5.39. The van der Waals surface area contributed by atoms with Crippen molar-refractivity contribution in [1.82, 2.24) is 4.98 Å². The number of carboxylic acids is 1. The SMILES string of the molecule is CC(C)OCCN(C)c1nc(C(=O)O)ccc1[N+](=O)[O-]. The Hall–Kier alpha value is -2.22.